The zero-order valence-corrected chi connectivity index (χ0v) is 19.4. The van der Waals surface area contributed by atoms with Gasteiger partial charge in [-0.25, -0.2) is 0 Å². The molecule has 0 aliphatic carbocycles. The van der Waals surface area contributed by atoms with E-state index in [0.717, 1.165) is 30.2 Å². The van der Waals surface area contributed by atoms with Crippen molar-refractivity contribution in [1.82, 2.24) is 10.2 Å². The van der Waals surface area contributed by atoms with Crippen LogP contribution >= 0.6 is 24.0 Å². The molecule has 156 valence electrons. The topological polar surface area (TPSA) is 83.0 Å². The van der Waals surface area contributed by atoms with Gasteiger partial charge in [-0.1, -0.05) is 26.0 Å². The van der Waals surface area contributed by atoms with Gasteiger partial charge >= 0.3 is 5.97 Å². The molecule has 2 atom stereocenters. The highest BCUT2D eigenvalue weighted by Crippen LogP contribution is 2.24. The molecule has 28 heavy (non-hydrogen) atoms. The van der Waals surface area contributed by atoms with E-state index in [-0.39, 0.29) is 47.7 Å². The summed E-state index contributed by atoms with van der Waals surface area (Å²) in [7, 11) is 3.16. The Balaban J connectivity index is 0.00000392. The fraction of sp³-hybridized carbons (Fsp3) is 0.550. The SMILES string of the molecule is CCCC(=O)Nc1cccc(CNC(=NC)N2CC(C)C(C(=O)OC)C2)c1.I. The van der Waals surface area contributed by atoms with Crippen LogP contribution in [-0.2, 0) is 20.9 Å². The van der Waals surface area contributed by atoms with Crippen LogP contribution in [0.25, 0.3) is 0 Å². The largest absolute Gasteiger partial charge is 0.469 e. The lowest BCUT2D eigenvalue weighted by molar-refractivity contribution is -0.146. The number of methoxy groups -OCH3 is 1. The number of nitrogens with one attached hydrogen (secondary N) is 2. The van der Waals surface area contributed by atoms with E-state index >= 15 is 0 Å². The molecule has 1 amide bonds. The summed E-state index contributed by atoms with van der Waals surface area (Å²) in [6.45, 7) is 5.97. The molecular formula is C20H31IN4O3. The first kappa shape index (κ1) is 24.2. The molecule has 8 heteroatoms. The zero-order valence-electron chi connectivity index (χ0n) is 17.0. The van der Waals surface area contributed by atoms with E-state index in [1.807, 2.05) is 31.2 Å². The average molecular weight is 502 g/mol. The van der Waals surface area contributed by atoms with Crippen LogP contribution in [0.2, 0.25) is 0 Å². The number of ether oxygens (including phenoxy) is 1. The van der Waals surface area contributed by atoms with Gasteiger partial charge in [-0.2, -0.15) is 0 Å². The molecule has 1 saturated heterocycles. The lowest BCUT2D eigenvalue weighted by Crippen LogP contribution is -2.40. The highest BCUT2D eigenvalue weighted by Gasteiger charge is 2.36. The van der Waals surface area contributed by atoms with Crippen LogP contribution in [0.15, 0.2) is 29.3 Å². The summed E-state index contributed by atoms with van der Waals surface area (Å²) in [5.74, 6) is 0.696. The Kier molecular flexibility index (Phi) is 10.3. The second kappa shape index (κ2) is 11.9. The highest BCUT2D eigenvalue weighted by atomic mass is 127. The van der Waals surface area contributed by atoms with E-state index in [4.69, 9.17) is 4.74 Å². The Morgan fingerprint density at radius 3 is 2.71 bits per heavy atom. The number of esters is 1. The van der Waals surface area contributed by atoms with Crippen LogP contribution < -0.4 is 10.6 Å². The molecular weight excluding hydrogens is 471 g/mol. The molecule has 0 saturated carbocycles. The fourth-order valence-electron chi connectivity index (χ4n) is 3.32. The molecule has 1 aromatic rings. The Bertz CT molecular complexity index is 696. The molecule has 0 aromatic heterocycles. The molecule has 1 heterocycles. The Labute approximate surface area is 184 Å². The number of carbonyl (C=O) groups excluding carboxylic acids is 2. The summed E-state index contributed by atoms with van der Waals surface area (Å²) < 4.78 is 4.90. The maximum absolute atomic E-state index is 11.9. The van der Waals surface area contributed by atoms with Crippen molar-refractivity contribution >= 4 is 47.5 Å². The van der Waals surface area contributed by atoms with Gasteiger partial charge in [0.15, 0.2) is 5.96 Å². The van der Waals surface area contributed by atoms with Crippen LogP contribution in [0.5, 0.6) is 0 Å². The van der Waals surface area contributed by atoms with Crippen LogP contribution in [0.4, 0.5) is 5.69 Å². The number of hydrogen-bond donors (Lipinski definition) is 2. The molecule has 0 radical (unpaired) electrons. The van der Waals surface area contributed by atoms with Crippen LogP contribution in [-0.4, -0.2) is 50.0 Å². The molecule has 1 aromatic carbocycles. The monoisotopic (exact) mass is 502 g/mol. The van der Waals surface area contributed by atoms with E-state index in [9.17, 15) is 9.59 Å². The van der Waals surface area contributed by atoms with Gasteiger partial charge in [-0.15, -0.1) is 24.0 Å². The van der Waals surface area contributed by atoms with Gasteiger partial charge < -0.3 is 20.3 Å². The first-order valence-corrected chi connectivity index (χ1v) is 9.40. The normalized spacial score (nSPS) is 19.0. The molecule has 0 bridgehead atoms. The van der Waals surface area contributed by atoms with Gasteiger partial charge in [0.25, 0.3) is 0 Å². The van der Waals surface area contributed by atoms with Crippen molar-refractivity contribution in [2.45, 2.75) is 33.2 Å². The molecule has 1 aliphatic rings. The molecule has 2 N–H and O–H groups in total. The number of halogens is 1. The summed E-state index contributed by atoms with van der Waals surface area (Å²) in [6, 6.07) is 7.76. The smallest absolute Gasteiger partial charge is 0.310 e. The summed E-state index contributed by atoms with van der Waals surface area (Å²) in [5, 5.41) is 6.25. The number of guanidine groups is 1. The van der Waals surface area contributed by atoms with E-state index in [1.54, 1.807) is 7.05 Å². The Morgan fingerprint density at radius 2 is 2.07 bits per heavy atom. The lowest BCUT2D eigenvalue weighted by atomic mass is 9.99. The maximum Gasteiger partial charge on any atom is 0.310 e. The van der Waals surface area contributed by atoms with Gasteiger partial charge in [-0.3, -0.25) is 14.6 Å². The summed E-state index contributed by atoms with van der Waals surface area (Å²) >= 11 is 0. The molecule has 2 unspecified atom stereocenters. The Hall–Kier alpha value is -1.84. The predicted molar refractivity (Wildman–Crippen MR) is 122 cm³/mol. The van der Waals surface area contributed by atoms with Crippen molar-refractivity contribution in [2.75, 3.05) is 32.6 Å². The van der Waals surface area contributed by atoms with Crippen LogP contribution in [0.3, 0.4) is 0 Å². The van der Waals surface area contributed by atoms with Crippen molar-refractivity contribution in [3.05, 3.63) is 29.8 Å². The van der Waals surface area contributed by atoms with Crippen molar-refractivity contribution in [1.29, 1.82) is 0 Å². The molecule has 2 rings (SSSR count). The number of carbonyl (C=O) groups is 2. The minimum Gasteiger partial charge on any atom is -0.469 e. The van der Waals surface area contributed by atoms with E-state index in [2.05, 4.69) is 27.4 Å². The second-order valence-corrected chi connectivity index (χ2v) is 6.91. The number of amides is 1. The minimum atomic E-state index is -0.170. The molecule has 1 aliphatic heterocycles. The second-order valence-electron chi connectivity index (χ2n) is 6.91. The summed E-state index contributed by atoms with van der Waals surface area (Å²) in [4.78, 5) is 30.1. The van der Waals surface area contributed by atoms with Crippen molar-refractivity contribution < 1.29 is 14.3 Å². The number of rotatable bonds is 6. The lowest BCUT2D eigenvalue weighted by Gasteiger charge is -2.21. The van der Waals surface area contributed by atoms with E-state index in [0.29, 0.717) is 19.5 Å². The van der Waals surface area contributed by atoms with Crippen molar-refractivity contribution in [2.24, 2.45) is 16.8 Å². The molecule has 0 spiro atoms. The number of likely N-dealkylation sites (tertiary alicyclic amines) is 1. The highest BCUT2D eigenvalue weighted by molar-refractivity contribution is 14.0. The van der Waals surface area contributed by atoms with Gasteiger partial charge in [-0.05, 0) is 30.0 Å². The predicted octanol–water partition coefficient (Wildman–Crippen LogP) is 2.86. The fourth-order valence-corrected chi connectivity index (χ4v) is 3.32. The number of hydrogen-bond acceptors (Lipinski definition) is 4. The van der Waals surface area contributed by atoms with E-state index < -0.39 is 0 Å². The maximum atomic E-state index is 11.9. The number of benzene rings is 1. The third-order valence-corrected chi connectivity index (χ3v) is 4.77. The van der Waals surface area contributed by atoms with Crippen molar-refractivity contribution in [3.63, 3.8) is 0 Å². The standard InChI is InChI=1S/C20H30N4O3.HI/c1-5-7-18(25)23-16-9-6-8-15(10-16)11-22-20(21-3)24-12-14(2)17(13-24)19(26)27-4;/h6,8-10,14,17H,5,7,11-13H2,1-4H3,(H,21,22)(H,23,25);1H. The average Bonchev–Trinajstić information content (AvgIpc) is 3.03. The minimum absolute atomic E-state index is 0. The molecule has 7 nitrogen and oxygen atoms in total. The van der Waals surface area contributed by atoms with Gasteiger partial charge in [0, 0.05) is 38.8 Å². The number of nitrogens with zero attached hydrogens (tertiary/aromatic N) is 2. The quantitative estimate of drug-likeness (QED) is 0.271. The zero-order chi connectivity index (χ0) is 19.8. The third-order valence-electron chi connectivity index (χ3n) is 4.77. The van der Waals surface area contributed by atoms with Crippen LogP contribution in [0.1, 0.15) is 32.3 Å². The molecule has 1 fully saturated rings. The summed E-state index contributed by atoms with van der Waals surface area (Å²) in [5.41, 5.74) is 1.84. The van der Waals surface area contributed by atoms with Crippen molar-refractivity contribution in [3.8, 4) is 0 Å². The van der Waals surface area contributed by atoms with Gasteiger partial charge in [0.05, 0.1) is 13.0 Å². The third kappa shape index (κ3) is 6.65. The van der Waals surface area contributed by atoms with E-state index in [1.165, 1.54) is 7.11 Å². The van der Waals surface area contributed by atoms with Gasteiger partial charge in [0.2, 0.25) is 5.91 Å². The number of aliphatic imine (C=N–C) groups is 1. The van der Waals surface area contributed by atoms with Gasteiger partial charge in [0.1, 0.15) is 0 Å². The first-order chi connectivity index (χ1) is 13.0. The number of anilines is 1. The Morgan fingerprint density at radius 1 is 1.32 bits per heavy atom. The summed E-state index contributed by atoms with van der Waals surface area (Å²) in [6.07, 6.45) is 1.34. The first-order valence-electron chi connectivity index (χ1n) is 9.40. The van der Waals surface area contributed by atoms with Crippen LogP contribution in [0, 0.1) is 11.8 Å².